The molecule has 3 aromatic carbocycles. The second-order valence-electron chi connectivity index (χ2n) is 6.86. The van der Waals surface area contributed by atoms with Gasteiger partial charge in [0.15, 0.2) is 0 Å². The van der Waals surface area contributed by atoms with Gasteiger partial charge in [0, 0.05) is 19.8 Å². The summed E-state index contributed by atoms with van der Waals surface area (Å²) in [7, 11) is 0. The number of thiophene rings is 2. The molecule has 0 aliphatic rings. The molecule has 0 aliphatic heterocycles. The van der Waals surface area contributed by atoms with Gasteiger partial charge in [-0.1, -0.05) is 66.7 Å². The van der Waals surface area contributed by atoms with Crippen LogP contribution in [0.3, 0.4) is 0 Å². The van der Waals surface area contributed by atoms with Gasteiger partial charge in [-0.05, 0) is 35.0 Å². The minimum Gasteiger partial charge on any atom is -0.234 e. The third-order valence-electron chi connectivity index (χ3n) is 4.96. The van der Waals surface area contributed by atoms with Crippen molar-refractivity contribution in [3.63, 3.8) is 0 Å². The molecule has 1 nitrogen and oxygen atoms in total. The molecule has 0 saturated carbocycles. The highest BCUT2D eigenvalue weighted by atomic mass is 32.1. The zero-order valence-electron chi connectivity index (χ0n) is 15.3. The normalized spacial score (nSPS) is 11.4. The number of nitrogens with zero attached hydrogens (tertiary/aromatic N) is 1. The average molecular weight is 426 g/mol. The molecule has 0 N–H and O–H groups in total. The van der Waals surface area contributed by atoms with Gasteiger partial charge in [-0.15, -0.1) is 34.0 Å². The van der Waals surface area contributed by atoms with E-state index in [1.807, 2.05) is 22.7 Å². The first-order chi connectivity index (χ1) is 14.3. The van der Waals surface area contributed by atoms with Gasteiger partial charge in [0.25, 0.3) is 0 Å². The number of aromatic nitrogens is 1. The van der Waals surface area contributed by atoms with E-state index in [2.05, 4.69) is 91.0 Å². The first-order valence-electron chi connectivity index (χ1n) is 9.39. The first kappa shape index (κ1) is 17.1. The zero-order chi connectivity index (χ0) is 19.2. The smallest absolute Gasteiger partial charge is 0.124 e. The summed E-state index contributed by atoms with van der Waals surface area (Å²) in [5.74, 6) is 0. The van der Waals surface area contributed by atoms with Crippen LogP contribution in [0.2, 0.25) is 0 Å². The number of hydrogen-bond acceptors (Lipinski definition) is 4. The van der Waals surface area contributed by atoms with Crippen LogP contribution in [0, 0.1) is 0 Å². The minimum absolute atomic E-state index is 1.07. The summed E-state index contributed by atoms with van der Waals surface area (Å²) in [6.45, 7) is 0. The van der Waals surface area contributed by atoms with E-state index < -0.39 is 0 Å². The fraction of sp³-hybridized carbons (Fsp3) is 0. The summed E-state index contributed by atoms with van der Waals surface area (Å²) in [5.41, 5.74) is 2.27. The van der Waals surface area contributed by atoms with Crippen molar-refractivity contribution in [2.45, 2.75) is 0 Å². The maximum Gasteiger partial charge on any atom is 0.124 e. The molecule has 0 bridgehead atoms. The predicted octanol–water partition coefficient (Wildman–Crippen LogP) is 8.57. The molecular weight excluding hydrogens is 410 g/mol. The summed E-state index contributed by atoms with van der Waals surface area (Å²) in [5, 5.41) is 3.65. The Morgan fingerprint density at radius 2 is 1.14 bits per heavy atom. The number of fused-ring (bicyclic) bond motifs is 2. The van der Waals surface area contributed by atoms with E-state index in [4.69, 9.17) is 4.98 Å². The van der Waals surface area contributed by atoms with Crippen LogP contribution in [-0.4, -0.2) is 4.98 Å². The third kappa shape index (κ3) is 3.01. The van der Waals surface area contributed by atoms with Crippen molar-refractivity contribution in [2.75, 3.05) is 0 Å². The van der Waals surface area contributed by atoms with Gasteiger partial charge >= 0.3 is 0 Å². The number of hydrogen-bond donors (Lipinski definition) is 0. The summed E-state index contributed by atoms with van der Waals surface area (Å²) in [6.07, 6.45) is 0. The highest BCUT2D eigenvalue weighted by molar-refractivity contribution is 7.28. The van der Waals surface area contributed by atoms with Gasteiger partial charge in [0.2, 0.25) is 0 Å². The number of thiazole rings is 1. The highest BCUT2D eigenvalue weighted by Crippen LogP contribution is 2.46. The Balaban J connectivity index is 1.59. The number of benzene rings is 3. The van der Waals surface area contributed by atoms with E-state index in [9.17, 15) is 0 Å². The lowest BCUT2D eigenvalue weighted by Gasteiger charge is -1.96. The van der Waals surface area contributed by atoms with E-state index >= 15 is 0 Å². The van der Waals surface area contributed by atoms with Gasteiger partial charge in [-0.3, -0.25) is 0 Å². The second kappa shape index (κ2) is 6.92. The summed E-state index contributed by atoms with van der Waals surface area (Å²) >= 11 is 5.46. The zero-order valence-corrected chi connectivity index (χ0v) is 17.8. The molecule has 6 rings (SSSR count). The maximum absolute atomic E-state index is 5.13. The number of rotatable bonds is 3. The van der Waals surface area contributed by atoms with Crippen molar-refractivity contribution in [3.8, 4) is 30.9 Å². The molecule has 3 heterocycles. The molecule has 29 heavy (non-hydrogen) atoms. The van der Waals surface area contributed by atoms with Crippen LogP contribution in [0.15, 0.2) is 91.0 Å². The Kier molecular flexibility index (Phi) is 4.08. The molecule has 138 valence electrons. The summed E-state index contributed by atoms with van der Waals surface area (Å²) in [4.78, 5) is 8.91. The van der Waals surface area contributed by atoms with Crippen molar-refractivity contribution >= 4 is 54.2 Å². The Labute approximate surface area is 180 Å². The first-order valence-corrected chi connectivity index (χ1v) is 11.8. The molecule has 0 spiro atoms. The maximum atomic E-state index is 5.13. The Bertz CT molecular complexity index is 1300. The molecule has 4 heteroatoms. The predicted molar refractivity (Wildman–Crippen MR) is 129 cm³/mol. The van der Waals surface area contributed by atoms with Crippen molar-refractivity contribution in [3.05, 3.63) is 91.0 Å². The van der Waals surface area contributed by atoms with Gasteiger partial charge in [-0.2, -0.15) is 0 Å². The third-order valence-corrected chi connectivity index (χ3v) is 8.48. The van der Waals surface area contributed by atoms with E-state index in [1.165, 1.54) is 40.4 Å². The van der Waals surface area contributed by atoms with Crippen LogP contribution in [0.5, 0.6) is 0 Å². The lowest BCUT2D eigenvalue weighted by molar-refractivity contribution is 1.42. The molecule has 0 radical (unpaired) electrons. The molecule has 0 aliphatic carbocycles. The average Bonchev–Trinajstić information content (AvgIpc) is 3.49. The molecule has 0 amide bonds. The van der Waals surface area contributed by atoms with Crippen molar-refractivity contribution < 1.29 is 0 Å². The van der Waals surface area contributed by atoms with Crippen LogP contribution in [0.1, 0.15) is 0 Å². The topological polar surface area (TPSA) is 12.9 Å². The molecule has 0 unspecified atom stereocenters. The van der Waals surface area contributed by atoms with Crippen molar-refractivity contribution in [1.29, 1.82) is 0 Å². The fourth-order valence-electron chi connectivity index (χ4n) is 3.55. The summed E-state index contributed by atoms with van der Waals surface area (Å²) in [6, 6.07) is 32.2. The molecule has 0 fully saturated rings. The fourth-order valence-corrected chi connectivity index (χ4v) is 6.92. The summed E-state index contributed by atoms with van der Waals surface area (Å²) < 4.78 is 2.62. The van der Waals surface area contributed by atoms with Crippen LogP contribution in [-0.2, 0) is 0 Å². The molecule has 6 aromatic rings. The standard InChI is InChI=1S/C25H15NS3/c1-2-8-16(9-3-1)25-26-23(21-14-17-10-4-6-12-19(17)27-21)24(29-25)22-15-18-11-5-7-13-20(18)28-22/h1-15H. The van der Waals surface area contributed by atoms with E-state index in [-0.39, 0.29) is 0 Å². The van der Waals surface area contributed by atoms with Gasteiger partial charge in [0.1, 0.15) is 10.7 Å². The highest BCUT2D eigenvalue weighted by Gasteiger charge is 2.19. The lowest BCUT2D eigenvalue weighted by Crippen LogP contribution is -1.77. The molecule has 0 saturated heterocycles. The largest absolute Gasteiger partial charge is 0.234 e. The van der Waals surface area contributed by atoms with E-state index in [0.717, 1.165) is 10.7 Å². The van der Waals surface area contributed by atoms with Crippen LogP contribution in [0.25, 0.3) is 51.1 Å². The van der Waals surface area contributed by atoms with Crippen LogP contribution >= 0.6 is 34.0 Å². The molecular formula is C25H15NS3. The van der Waals surface area contributed by atoms with Gasteiger partial charge < -0.3 is 0 Å². The molecule has 0 atom stereocenters. The second-order valence-corrected chi connectivity index (χ2v) is 10.0. The molecule has 3 aromatic heterocycles. The van der Waals surface area contributed by atoms with E-state index in [1.54, 1.807) is 11.3 Å². The monoisotopic (exact) mass is 425 g/mol. The van der Waals surface area contributed by atoms with Gasteiger partial charge in [-0.25, -0.2) is 4.98 Å². The van der Waals surface area contributed by atoms with Crippen molar-refractivity contribution in [1.82, 2.24) is 4.98 Å². The SMILES string of the molecule is c1ccc(-c2nc(-c3cc4ccccc4s3)c(-c3cc4ccccc4s3)s2)cc1. The minimum atomic E-state index is 1.07. The lowest BCUT2D eigenvalue weighted by atomic mass is 10.2. The Morgan fingerprint density at radius 3 is 1.83 bits per heavy atom. The van der Waals surface area contributed by atoms with Gasteiger partial charge in [0.05, 0.1) is 9.75 Å². The van der Waals surface area contributed by atoms with E-state index in [0.29, 0.717) is 0 Å². The van der Waals surface area contributed by atoms with Crippen molar-refractivity contribution in [2.24, 2.45) is 0 Å². The Hall–Kier alpha value is -2.79. The Morgan fingerprint density at radius 1 is 0.552 bits per heavy atom. The van der Waals surface area contributed by atoms with Crippen LogP contribution < -0.4 is 0 Å². The quantitative estimate of drug-likeness (QED) is 0.277. The van der Waals surface area contributed by atoms with Crippen LogP contribution in [0.4, 0.5) is 0 Å².